The van der Waals surface area contributed by atoms with E-state index in [2.05, 4.69) is 112 Å². The van der Waals surface area contributed by atoms with Gasteiger partial charge in [0.15, 0.2) is 11.6 Å². The molecule has 1 aliphatic carbocycles. The van der Waals surface area contributed by atoms with E-state index in [1.54, 1.807) is 76.2 Å². The fourth-order valence-corrected chi connectivity index (χ4v) is 15.6. The number of nitrogens with one attached hydrogen (secondary N) is 2. The first-order chi connectivity index (χ1) is 66.8. The quantitative estimate of drug-likeness (QED) is 0.00325. The number of benzene rings is 7. The molecule has 7 atom stereocenters. The highest BCUT2D eigenvalue weighted by Crippen LogP contribution is 2.37. The van der Waals surface area contributed by atoms with E-state index in [1.165, 1.54) is 17.3 Å². The highest BCUT2D eigenvalue weighted by Gasteiger charge is 2.40. The van der Waals surface area contributed by atoms with Gasteiger partial charge < -0.3 is 34.7 Å². The van der Waals surface area contributed by atoms with Crippen molar-refractivity contribution in [3.05, 3.63) is 312 Å². The average molecular weight is 1900 g/mol. The fourth-order valence-electron chi connectivity index (χ4n) is 15.6. The third kappa shape index (κ3) is 33.6. The number of Topliss-reactive ketones (excluding diaryl/α,β-unsaturated/α-hetero) is 4. The summed E-state index contributed by atoms with van der Waals surface area (Å²) in [6, 6.07) is 56.7. The second-order valence-corrected chi connectivity index (χ2v) is 34.8. The number of nitrogens with zero attached hydrogens (tertiary/aromatic N) is 4. The molecule has 7 unspecified atom stereocenters. The lowest BCUT2D eigenvalue weighted by molar-refractivity contribution is -0.273. The maximum atomic E-state index is 12.9. The van der Waals surface area contributed by atoms with Crippen LogP contribution in [0, 0.1) is 20.8 Å². The van der Waals surface area contributed by atoms with Crippen molar-refractivity contribution in [1.29, 1.82) is 0 Å². The van der Waals surface area contributed by atoms with Crippen LogP contribution in [0.15, 0.2) is 255 Å². The van der Waals surface area contributed by atoms with Crippen LogP contribution >= 0.6 is 0 Å². The molecule has 736 valence electrons. The molecule has 6 heterocycles. The first kappa shape index (κ1) is 110. The van der Waals surface area contributed by atoms with Gasteiger partial charge in [-0.15, -0.1) is 6.58 Å². The molecule has 0 saturated heterocycles. The van der Waals surface area contributed by atoms with Crippen LogP contribution in [-0.2, 0) is 74.2 Å². The minimum atomic E-state index is -0.923. The van der Waals surface area contributed by atoms with Gasteiger partial charge in [-0.05, 0) is 243 Å². The van der Waals surface area contributed by atoms with Crippen molar-refractivity contribution in [2.45, 2.75) is 220 Å². The maximum absolute atomic E-state index is 12.9. The number of hydrogen-bond donors (Lipinski definition) is 9. The zero-order valence-electron chi connectivity index (χ0n) is 80.3. The number of ketones is 4. The van der Waals surface area contributed by atoms with Gasteiger partial charge in [-0.2, -0.15) is 0 Å². The Labute approximate surface area is 810 Å². The summed E-state index contributed by atoms with van der Waals surface area (Å²) in [7, 11) is 0. The molecular formula is C110H128N6O23. The van der Waals surface area contributed by atoms with Gasteiger partial charge in [-0.25, -0.2) is 44.3 Å². The van der Waals surface area contributed by atoms with Crippen molar-refractivity contribution in [3.8, 4) is 23.0 Å². The number of aromatic nitrogens is 4. The van der Waals surface area contributed by atoms with Crippen LogP contribution in [0.2, 0.25) is 0 Å². The van der Waals surface area contributed by atoms with Crippen molar-refractivity contribution in [2.24, 2.45) is 0 Å². The Kier molecular flexibility index (Phi) is 44.2. The van der Waals surface area contributed by atoms with Gasteiger partial charge in [-0.3, -0.25) is 65.3 Å². The molecule has 0 saturated carbocycles. The second kappa shape index (κ2) is 56.1. The Bertz CT molecular complexity index is 6060. The number of aliphatic hydroxyl groups excluding tert-OH is 1. The summed E-state index contributed by atoms with van der Waals surface area (Å²) < 4.78 is 22.7. The smallest absolute Gasteiger partial charge is 0.311 e. The van der Waals surface area contributed by atoms with Crippen molar-refractivity contribution in [3.63, 3.8) is 0 Å². The molecule has 29 nitrogen and oxygen atoms in total. The largest absolute Gasteiger partial charge is 0.491 e. The summed E-state index contributed by atoms with van der Waals surface area (Å²) in [5.74, 6) is 1.00. The van der Waals surface area contributed by atoms with Gasteiger partial charge in [0.1, 0.15) is 100 Å². The third-order valence-electron chi connectivity index (χ3n) is 23.3. The third-order valence-corrected chi connectivity index (χ3v) is 23.3. The number of para-hydroxylation sites is 4. The molecule has 4 aromatic heterocycles. The van der Waals surface area contributed by atoms with Gasteiger partial charge >= 0.3 is 5.97 Å². The number of aliphatic hydroxyl groups is 1. The van der Waals surface area contributed by atoms with E-state index in [4.69, 9.17) is 50.5 Å². The van der Waals surface area contributed by atoms with Gasteiger partial charge in [0.25, 0.3) is 0 Å². The molecule has 3 aliphatic rings. The Hall–Kier alpha value is -13.1. The topological polar surface area (TPSA) is 412 Å². The lowest BCUT2D eigenvalue weighted by Crippen LogP contribution is -2.25. The monoisotopic (exact) mass is 1900 g/mol. The van der Waals surface area contributed by atoms with Crippen molar-refractivity contribution in [2.75, 3.05) is 37.0 Å². The Morgan fingerprint density at radius 2 is 0.899 bits per heavy atom. The van der Waals surface area contributed by atoms with Crippen molar-refractivity contribution >= 4 is 90.0 Å². The molecule has 9 N–H and O–H groups in total. The summed E-state index contributed by atoms with van der Waals surface area (Å²) >= 11 is 0. The lowest BCUT2D eigenvalue weighted by Gasteiger charge is -2.18. The molecule has 0 fully saturated rings. The molecule has 139 heavy (non-hydrogen) atoms. The van der Waals surface area contributed by atoms with E-state index in [0.717, 1.165) is 119 Å². The first-order valence-electron chi connectivity index (χ1n) is 46.3. The summed E-state index contributed by atoms with van der Waals surface area (Å²) in [6.07, 6.45) is 7.92. The lowest BCUT2D eigenvalue weighted by atomic mass is 9.98. The van der Waals surface area contributed by atoms with Gasteiger partial charge in [0.05, 0.1) is 36.9 Å². The number of fused-ring (bicyclic) bond motifs is 7. The molecule has 0 spiro atoms. The zero-order chi connectivity index (χ0) is 101. The minimum absolute atomic E-state index is 0.0617. The van der Waals surface area contributed by atoms with Crippen LogP contribution in [0.5, 0.6) is 23.0 Å². The van der Waals surface area contributed by atoms with E-state index in [9.17, 15) is 33.9 Å². The summed E-state index contributed by atoms with van der Waals surface area (Å²) in [5.41, 5.74) is 17.1. The molecular weight excluding hydrogens is 1770 g/mol. The molecule has 1 amide bonds. The summed E-state index contributed by atoms with van der Waals surface area (Å²) in [5, 5.41) is 72.5. The van der Waals surface area contributed by atoms with E-state index in [-0.39, 0.29) is 66.7 Å². The number of pyridine rings is 4. The highest BCUT2D eigenvalue weighted by atomic mass is 17.1. The number of amides is 1. The Morgan fingerprint density at radius 1 is 0.453 bits per heavy atom. The number of carbonyl (C=O) groups is 6. The minimum Gasteiger partial charge on any atom is -0.491 e. The number of anilines is 2. The number of esters is 1. The molecule has 7 aromatic carbocycles. The van der Waals surface area contributed by atoms with Gasteiger partial charge in [-0.1, -0.05) is 154 Å². The molecule has 14 rings (SSSR count). The fraction of sp³-hybridized carbons (Fsp3) is 0.345. The Balaban J connectivity index is 0.000000188. The second-order valence-electron chi connectivity index (χ2n) is 34.8. The average Bonchev–Trinajstić information content (AvgIpc) is 1.61. The van der Waals surface area contributed by atoms with Gasteiger partial charge in [0, 0.05) is 106 Å². The predicted octanol–water partition coefficient (Wildman–Crippen LogP) is 22.2. The maximum Gasteiger partial charge on any atom is 0.311 e. The molecule has 29 heteroatoms. The SMILES string of the molecule is C=C(C)C(CC(O)COc1cccc2ccc(C)nc12)OO.C=C(C)C(CCCC(=O)Cc1cccc2ccc(C)nc12)OO.C=C(C)C(CCCC(=O)Oc1ccc2c(c1)CC(=O)N2)OO.C=C(C)C(CCCOc1cccc2ccc(C)nc12)OO.C=C(C)C(CCCOc1cccc2ccc(C3C(=O)c4ccccc4C3=O)nc12)OO.C=CC(CCCC(=O)Cc1ccc2c(c1)CCN2)OO. The summed E-state index contributed by atoms with van der Waals surface area (Å²) in [4.78, 5) is 117. The molecule has 0 radical (unpaired) electrons. The standard InChI is InChI=1S/C25H23NO5.C19H23NO3.C17H21NO4.C17H21NO3.C16H19NO5.C16H21NO3/c1-15(2)20(31-29)11-6-14-30-21-10-5-7-16-12-13-19(26-23(16)21)22-24(27)17-8-3-4-9-18(17)25(22)28;1-13(2)18(23-22)9-5-8-17(21)12-16-7-4-6-15-11-10-14(3)20-19(15)16;1-11(2)16(22-20)9-14(19)10-21-15-6-4-5-13-8-7-12(3)18-17(13)15;1-12(2)15(21-19)8-5-11-20-16-7-4-6-14-10-9-13(3)18-17(14)16;1-10(2)14(22-20)4-3-5-16(19)21-12-6-7-13-11(8-12)9-15(18)17-13;1-2-15(20-19)5-3-4-14(18)11-12-6-7-16-13(10-12)8-9-17-16/h3-5,7-10,12-13,20,22,29H,1,6,11,14H2,2H3;4,6-7,10-11,18,22H,1,5,8-9,12H2,2-3H3;4-8,14,16,19-20H,1,9-10H2,2-3H3;4,6-7,9-10,15,19H,1,5,8,11H2,2-3H3;6-8,14,20H,1,3-5,9H2,2H3,(H,17,18);2,6-7,10,15,17,19H,1,3-5,8-9,11H2. The summed E-state index contributed by atoms with van der Waals surface area (Å²) in [6.45, 7) is 39.0. The van der Waals surface area contributed by atoms with Gasteiger partial charge in [0.2, 0.25) is 5.91 Å². The molecule has 2 aliphatic heterocycles. The van der Waals surface area contributed by atoms with Crippen LogP contribution in [0.1, 0.15) is 196 Å². The highest BCUT2D eigenvalue weighted by molar-refractivity contribution is 6.29. The molecule has 0 bridgehead atoms. The van der Waals surface area contributed by atoms with Crippen LogP contribution in [0.4, 0.5) is 11.4 Å². The van der Waals surface area contributed by atoms with Crippen LogP contribution in [-0.4, -0.2) is 161 Å². The van der Waals surface area contributed by atoms with E-state index in [1.807, 2.05) is 149 Å². The van der Waals surface area contributed by atoms with Crippen LogP contribution in [0.3, 0.4) is 0 Å². The van der Waals surface area contributed by atoms with Crippen LogP contribution < -0.4 is 29.6 Å². The van der Waals surface area contributed by atoms with E-state index in [0.29, 0.717) is 154 Å². The number of ether oxygens (including phenoxy) is 4. The number of carbonyl (C=O) groups excluding carboxylic acids is 6. The first-order valence-corrected chi connectivity index (χ1v) is 46.3. The van der Waals surface area contributed by atoms with Crippen molar-refractivity contribution in [1.82, 2.24) is 19.9 Å². The van der Waals surface area contributed by atoms with E-state index < -0.39 is 36.4 Å². The Morgan fingerprint density at radius 3 is 1.40 bits per heavy atom. The number of rotatable bonds is 45. The molecule has 11 aromatic rings. The van der Waals surface area contributed by atoms with Crippen molar-refractivity contribution < 1.29 is 114 Å². The number of hydrogen-bond acceptors (Lipinski definition) is 28. The predicted molar refractivity (Wildman–Crippen MR) is 536 cm³/mol. The van der Waals surface area contributed by atoms with E-state index >= 15 is 0 Å². The number of aryl methyl sites for hydroxylation is 3. The van der Waals surface area contributed by atoms with Crippen LogP contribution in [0.25, 0.3) is 43.6 Å². The normalized spacial score (nSPS) is 13.7. The zero-order valence-corrected chi connectivity index (χ0v) is 80.3.